The van der Waals surface area contributed by atoms with Gasteiger partial charge in [-0.15, -0.1) is 28.3 Å². The quantitative estimate of drug-likeness (QED) is 0.880. The topological polar surface area (TPSA) is 72.7 Å². The highest BCUT2D eigenvalue weighted by Crippen LogP contribution is 2.64. The third-order valence-electron chi connectivity index (χ3n) is 3.84. The number of alkyl halides is 2. The van der Waals surface area contributed by atoms with Gasteiger partial charge in [0.2, 0.25) is 5.91 Å². The predicted octanol–water partition coefficient (Wildman–Crippen LogP) is 2.49. The Labute approximate surface area is 131 Å². The number of carbonyl (C=O) groups is 1. The van der Waals surface area contributed by atoms with Crippen LogP contribution in [0.4, 0.5) is 5.69 Å². The van der Waals surface area contributed by atoms with E-state index in [2.05, 4.69) is 20.8 Å². The molecule has 110 valence electrons. The van der Waals surface area contributed by atoms with Gasteiger partial charge < -0.3 is 5.32 Å². The van der Waals surface area contributed by atoms with Crippen molar-refractivity contribution in [2.45, 2.75) is 24.6 Å². The van der Waals surface area contributed by atoms with Crippen LogP contribution >= 0.6 is 23.2 Å². The fraction of sp³-hybridized carbons (Fsp3) is 0.385. The summed E-state index contributed by atoms with van der Waals surface area (Å²) in [5, 5.41) is 13.9. The molecule has 1 unspecified atom stereocenters. The average Bonchev–Trinajstić information content (AvgIpc) is 2.84. The van der Waals surface area contributed by atoms with Gasteiger partial charge in [0.05, 0.1) is 11.1 Å². The molecule has 1 aliphatic rings. The largest absolute Gasteiger partial charge is 0.325 e. The monoisotopic (exact) mass is 325 g/mol. The molecule has 1 aromatic carbocycles. The molecule has 1 saturated carbocycles. The van der Waals surface area contributed by atoms with Crippen LogP contribution in [0.2, 0.25) is 0 Å². The highest BCUT2D eigenvalue weighted by Gasteiger charge is 2.67. The minimum absolute atomic E-state index is 0.190. The first-order chi connectivity index (χ1) is 9.83. The second kappa shape index (κ2) is 4.68. The van der Waals surface area contributed by atoms with Gasteiger partial charge in [-0.25, -0.2) is 4.68 Å². The highest BCUT2D eigenvalue weighted by atomic mass is 35.5. The third-order valence-corrected chi connectivity index (χ3v) is 4.94. The van der Waals surface area contributed by atoms with Crippen LogP contribution in [-0.4, -0.2) is 30.4 Å². The zero-order valence-electron chi connectivity index (χ0n) is 11.5. The zero-order chi connectivity index (χ0) is 15.3. The van der Waals surface area contributed by atoms with Gasteiger partial charge in [0.15, 0.2) is 0 Å². The maximum atomic E-state index is 12.3. The van der Waals surface area contributed by atoms with Crippen LogP contribution in [0.1, 0.15) is 18.9 Å². The molecule has 8 heteroatoms. The Kier molecular flexibility index (Phi) is 3.18. The van der Waals surface area contributed by atoms with E-state index in [1.807, 2.05) is 19.1 Å². The molecule has 1 atom stereocenters. The van der Waals surface area contributed by atoms with E-state index in [9.17, 15) is 4.79 Å². The van der Waals surface area contributed by atoms with E-state index < -0.39 is 9.75 Å². The number of aryl methyl sites for hydroxylation is 1. The molecular weight excluding hydrogens is 313 g/mol. The van der Waals surface area contributed by atoms with Gasteiger partial charge in [-0.3, -0.25) is 4.79 Å². The smallest absolute Gasteiger partial charge is 0.233 e. The van der Waals surface area contributed by atoms with Gasteiger partial charge in [0, 0.05) is 5.69 Å². The molecule has 1 amide bonds. The number of benzene rings is 1. The van der Waals surface area contributed by atoms with Crippen molar-refractivity contribution in [2.24, 2.45) is 5.41 Å². The van der Waals surface area contributed by atoms with Crippen molar-refractivity contribution in [1.82, 2.24) is 20.2 Å². The Morgan fingerprint density at radius 3 is 2.71 bits per heavy atom. The number of tetrazole rings is 1. The van der Waals surface area contributed by atoms with E-state index in [4.69, 9.17) is 23.2 Å². The summed E-state index contributed by atoms with van der Waals surface area (Å²) in [6.07, 6.45) is 1.93. The van der Waals surface area contributed by atoms with Gasteiger partial charge >= 0.3 is 0 Å². The Balaban J connectivity index is 1.86. The number of hydrogen-bond donors (Lipinski definition) is 1. The minimum atomic E-state index is -0.988. The number of aromatic nitrogens is 4. The van der Waals surface area contributed by atoms with E-state index in [-0.39, 0.29) is 5.91 Å². The minimum Gasteiger partial charge on any atom is -0.325 e. The Hall–Kier alpha value is -1.66. The first kappa shape index (κ1) is 14.3. The lowest BCUT2D eigenvalue weighted by Gasteiger charge is -2.15. The molecule has 6 nitrogen and oxygen atoms in total. The summed E-state index contributed by atoms with van der Waals surface area (Å²) in [5.74, 6) is -0.190. The molecule has 3 rings (SSSR count). The van der Waals surface area contributed by atoms with Crippen molar-refractivity contribution in [2.75, 3.05) is 5.32 Å². The maximum Gasteiger partial charge on any atom is 0.233 e. The van der Waals surface area contributed by atoms with Gasteiger partial charge in [-0.05, 0) is 48.4 Å². The summed E-state index contributed by atoms with van der Waals surface area (Å²) in [6.45, 7) is 3.66. The van der Waals surface area contributed by atoms with E-state index in [1.165, 1.54) is 11.0 Å². The molecule has 0 saturated heterocycles. The van der Waals surface area contributed by atoms with Crippen LogP contribution in [-0.2, 0) is 4.79 Å². The van der Waals surface area contributed by atoms with E-state index in [1.54, 1.807) is 13.0 Å². The van der Waals surface area contributed by atoms with Crippen LogP contribution in [0.3, 0.4) is 0 Å². The number of hydrogen-bond acceptors (Lipinski definition) is 4. The van der Waals surface area contributed by atoms with Crippen molar-refractivity contribution in [1.29, 1.82) is 0 Å². The first-order valence-electron chi connectivity index (χ1n) is 6.37. The van der Waals surface area contributed by atoms with Crippen molar-refractivity contribution >= 4 is 34.8 Å². The van der Waals surface area contributed by atoms with Crippen molar-refractivity contribution in [3.05, 3.63) is 30.1 Å². The summed E-state index contributed by atoms with van der Waals surface area (Å²) >= 11 is 12.1. The van der Waals surface area contributed by atoms with Crippen LogP contribution in [0, 0.1) is 12.3 Å². The molecule has 1 heterocycles. The summed E-state index contributed by atoms with van der Waals surface area (Å²) in [7, 11) is 0. The standard InChI is InChI=1S/C13H13Cl2N5O/c1-8-3-4-9(20-7-16-18-19-20)5-10(8)17-11(21)12(2)6-13(12,14)15/h3-5,7H,6H2,1-2H3,(H,17,21). The van der Waals surface area contributed by atoms with E-state index in [0.717, 1.165) is 11.3 Å². The zero-order valence-corrected chi connectivity index (χ0v) is 13.0. The predicted molar refractivity (Wildman–Crippen MR) is 79.7 cm³/mol. The molecule has 0 spiro atoms. The van der Waals surface area contributed by atoms with Crippen molar-refractivity contribution < 1.29 is 4.79 Å². The van der Waals surface area contributed by atoms with Crippen molar-refractivity contribution in [3.63, 3.8) is 0 Å². The van der Waals surface area contributed by atoms with E-state index in [0.29, 0.717) is 12.1 Å². The number of carbonyl (C=O) groups excluding carboxylic acids is 1. The molecule has 0 aliphatic heterocycles. The molecule has 0 bridgehead atoms. The maximum absolute atomic E-state index is 12.3. The lowest BCUT2D eigenvalue weighted by molar-refractivity contribution is -0.120. The number of halogens is 2. The second-order valence-corrected chi connectivity index (χ2v) is 6.90. The van der Waals surface area contributed by atoms with Crippen LogP contribution in [0.25, 0.3) is 5.69 Å². The molecule has 1 aromatic heterocycles. The molecule has 1 N–H and O–H groups in total. The fourth-order valence-electron chi connectivity index (χ4n) is 2.07. The normalized spacial score (nSPS) is 22.9. The van der Waals surface area contributed by atoms with Gasteiger partial charge in [0.1, 0.15) is 10.7 Å². The summed E-state index contributed by atoms with van der Waals surface area (Å²) in [6, 6.07) is 5.56. The molecule has 21 heavy (non-hydrogen) atoms. The number of nitrogens with one attached hydrogen (secondary N) is 1. The van der Waals surface area contributed by atoms with Gasteiger partial charge in [0.25, 0.3) is 0 Å². The van der Waals surface area contributed by atoms with Crippen molar-refractivity contribution in [3.8, 4) is 5.69 Å². The summed E-state index contributed by atoms with van der Waals surface area (Å²) < 4.78 is 0.528. The number of amides is 1. The third kappa shape index (κ3) is 2.38. The van der Waals surface area contributed by atoms with Gasteiger partial charge in [-0.2, -0.15) is 0 Å². The lowest BCUT2D eigenvalue weighted by atomic mass is 10.1. The highest BCUT2D eigenvalue weighted by molar-refractivity contribution is 6.53. The van der Waals surface area contributed by atoms with E-state index >= 15 is 0 Å². The molecule has 2 aromatic rings. The summed E-state index contributed by atoms with van der Waals surface area (Å²) in [5.41, 5.74) is 1.61. The lowest BCUT2D eigenvalue weighted by Crippen LogP contribution is -2.26. The molecular formula is C13H13Cl2N5O. The number of rotatable bonds is 3. The first-order valence-corrected chi connectivity index (χ1v) is 7.12. The molecule has 1 aliphatic carbocycles. The van der Waals surface area contributed by atoms with Crippen LogP contribution < -0.4 is 5.32 Å². The number of anilines is 1. The second-order valence-electron chi connectivity index (χ2n) is 5.42. The Bertz CT molecular complexity index is 701. The summed E-state index contributed by atoms with van der Waals surface area (Å²) in [4.78, 5) is 12.3. The van der Waals surface area contributed by atoms with Gasteiger partial charge in [-0.1, -0.05) is 6.07 Å². The fourth-order valence-corrected chi connectivity index (χ4v) is 2.78. The average molecular weight is 326 g/mol. The number of nitrogens with zero attached hydrogens (tertiary/aromatic N) is 4. The SMILES string of the molecule is Cc1ccc(-n2cnnn2)cc1NC(=O)C1(C)CC1(Cl)Cl. The van der Waals surface area contributed by atoms with Crippen LogP contribution in [0.15, 0.2) is 24.5 Å². The Morgan fingerprint density at radius 2 is 2.14 bits per heavy atom. The van der Waals surface area contributed by atoms with Crippen LogP contribution in [0.5, 0.6) is 0 Å². The molecule has 0 radical (unpaired) electrons. The molecule has 1 fully saturated rings. The Morgan fingerprint density at radius 1 is 1.43 bits per heavy atom.